The summed E-state index contributed by atoms with van der Waals surface area (Å²) >= 11 is 0. The van der Waals surface area contributed by atoms with Crippen molar-refractivity contribution in [2.75, 3.05) is 27.2 Å². The van der Waals surface area contributed by atoms with Gasteiger partial charge >= 0.3 is 0 Å². The first-order valence-electron chi connectivity index (χ1n) is 10.1. The van der Waals surface area contributed by atoms with Gasteiger partial charge in [-0.1, -0.05) is 48.5 Å². The van der Waals surface area contributed by atoms with Gasteiger partial charge in [-0.2, -0.15) is 0 Å². The number of carbonyl (C=O) groups excluding carboxylic acids is 2. The van der Waals surface area contributed by atoms with Crippen molar-refractivity contribution in [3.63, 3.8) is 0 Å². The van der Waals surface area contributed by atoms with E-state index in [0.29, 0.717) is 24.2 Å². The summed E-state index contributed by atoms with van der Waals surface area (Å²) in [6.45, 7) is 1.02. The van der Waals surface area contributed by atoms with E-state index in [0.717, 1.165) is 32.9 Å². The lowest BCUT2D eigenvalue weighted by Crippen LogP contribution is -2.35. The Morgan fingerprint density at radius 2 is 1.57 bits per heavy atom. The smallest absolute Gasteiger partial charge is 0.262 e. The van der Waals surface area contributed by atoms with Crippen molar-refractivity contribution >= 4 is 33.6 Å². The molecule has 0 N–H and O–H groups in total. The number of para-hydroxylation sites is 1. The van der Waals surface area contributed by atoms with E-state index in [2.05, 4.69) is 10.6 Å². The molecule has 5 nitrogen and oxygen atoms in total. The summed E-state index contributed by atoms with van der Waals surface area (Å²) in [5.41, 5.74) is 5.07. The zero-order chi connectivity index (χ0) is 21.0. The summed E-state index contributed by atoms with van der Waals surface area (Å²) < 4.78 is 2.13. The van der Waals surface area contributed by atoms with E-state index in [1.54, 1.807) is 0 Å². The summed E-state index contributed by atoms with van der Waals surface area (Å²) in [5, 5.41) is 1.87. The molecule has 0 bridgehead atoms. The fourth-order valence-electron chi connectivity index (χ4n) is 4.49. The molecule has 0 saturated carbocycles. The lowest BCUT2D eigenvalue weighted by molar-refractivity contribution is 0.0645. The number of carbonyl (C=O) groups is 2. The Labute approximate surface area is 175 Å². The molecule has 0 unspecified atom stereocenters. The third-order valence-electron chi connectivity index (χ3n) is 5.96. The first-order valence-corrected chi connectivity index (χ1v) is 10.1. The number of hydrogen-bond acceptors (Lipinski definition) is 3. The number of aryl methyl sites for hydroxylation is 1. The second-order valence-electron chi connectivity index (χ2n) is 8.08. The molecule has 2 amide bonds. The van der Waals surface area contributed by atoms with Crippen LogP contribution in [0.3, 0.4) is 0 Å². The Bertz CT molecular complexity index is 1320. The fourth-order valence-corrected chi connectivity index (χ4v) is 4.49. The summed E-state index contributed by atoms with van der Waals surface area (Å²) in [6, 6.07) is 20.0. The number of amides is 2. The molecule has 3 aromatic carbocycles. The molecule has 2 heterocycles. The molecule has 0 radical (unpaired) electrons. The van der Waals surface area contributed by atoms with Crippen LogP contribution in [-0.4, -0.2) is 53.4 Å². The highest BCUT2D eigenvalue weighted by molar-refractivity contribution is 6.31. The Balaban J connectivity index is 1.86. The first kappa shape index (κ1) is 18.6. The Hall–Kier alpha value is -3.44. The number of nitrogens with zero attached hydrogens (tertiary/aromatic N) is 3. The van der Waals surface area contributed by atoms with Crippen LogP contribution in [0.15, 0.2) is 60.7 Å². The maximum atomic E-state index is 13.4. The van der Waals surface area contributed by atoms with Crippen molar-refractivity contribution in [2.24, 2.45) is 7.05 Å². The van der Waals surface area contributed by atoms with Crippen LogP contribution in [0.5, 0.6) is 0 Å². The highest BCUT2D eigenvalue weighted by atomic mass is 16.2. The van der Waals surface area contributed by atoms with Gasteiger partial charge in [0, 0.05) is 42.0 Å². The van der Waals surface area contributed by atoms with E-state index < -0.39 is 0 Å². The number of aromatic nitrogens is 1. The molecule has 30 heavy (non-hydrogen) atoms. The standard InChI is InChI=1S/C25H23N3O2/c1-26(2)13-14-28-24(29)19-15-18(16-9-5-4-6-10-16)23-21(22(19)25(28)30)17-11-7-8-12-20(17)27(23)3/h4-12,15H,13-14H2,1-3H3. The van der Waals surface area contributed by atoms with Crippen molar-refractivity contribution in [2.45, 2.75) is 0 Å². The average Bonchev–Trinajstić information content (AvgIpc) is 3.18. The maximum Gasteiger partial charge on any atom is 0.262 e. The monoisotopic (exact) mass is 397 g/mol. The topological polar surface area (TPSA) is 45.6 Å². The SMILES string of the molecule is CN(C)CCN1C(=O)c2cc(-c3ccccc3)c3c(c2C1=O)c1ccccc1n3C. The number of likely N-dealkylation sites (N-methyl/N-ethyl adjacent to an activating group) is 1. The minimum Gasteiger partial charge on any atom is -0.343 e. The van der Waals surface area contributed by atoms with Gasteiger partial charge in [0.15, 0.2) is 0 Å². The lowest BCUT2D eigenvalue weighted by Gasteiger charge is -2.16. The van der Waals surface area contributed by atoms with Crippen LogP contribution < -0.4 is 0 Å². The second-order valence-corrected chi connectivity index (χ2v) is 8.08. The van der Waals surface area contributed by atoms with Crippen LogP contribution in [0.25, 0.3) is 32.9 Å². The molecule has 0 aliphatic carbocycles. The van der Waals surface area contributed by atoms with Gasteiger partial charge in [0.1, 0.15) is 0 Å². The van der Waals surface area contributed by atoms with E-state index in [1.165, 1.54) is 4.90 Å². The summed E-state index contributed by atoms with van der Waals surface area (Å²) in [7, 11) is 5.90. The molecule has 5 heteroatoms. The summed E-state index contributed by atoms with van der Waals surface area (Å²) in [5.74, 6) is -0.401. The van der Waals surface area contributed by atoms with Crippen molar-refractivity contribution in [3.05, 3.63) is 71.8 Å². The predicted octanol–water partition coefficient (Wildman–Crippen LogP) is 4.16. The zero-order valence-corrected chi connectivity index (χ0v) is 17.3. The van der Waals surface area contributed by atoms with Gasteiger partial charge in [-0.3, -0.25) is 14.5 Å². The van der Waals surface area contributed by atoms with E-state index in [1.807, 2.05) is 80.6 Å². The third kappa shape index (κ3) is 2.59. The molecule has 0 atom stereocenters. The number of hydrogen-bond donors (Lipinski definition) is 0. The molecule has 1 aliphatic heterocycles. The number of benzene rings is 3. The van der Waals surface area contributed by atoms with Gasteiger partial charge in [-0.25, -0.2) is 0 Å². The minimum absolute atomic E-state index is 0.196. The Morgan fingerprint density at radius 1 is 0.867 bits per heavy atom. The van der Waals surface area contributed by atoms with Crippen LogP contribution in [0.4, 0.5) is 0 Å². The largest absolute Gasteiger partial charge is 0.343 e. The van der Waals surface area contributed by atoms with Crippen LogP contribution in [0.1, 0.15) is 20.7 Å². The fraction of sp³-hybridized carbons (Fsp3) is 0.200. The van der Waals surface area contributed by atoms with Gasteiger partial charge in [-0.15, -0.1) is 0 Å². The van der Waals surface area contributed by atoms with Crippen LogP contribution in [0.2, 0.25) is 0 Å². The predicted molar refractivity (Wildman–Crippen MR) is 120 cm³/mol. The van der Waals surface area contributed by atoms with Crippen molar-refractivity contribution in [1.29, 1.82) is 0 Å². The van der Waals surface area contributed by atoms with Gasteiger partial charge < -0.3 is 9.47 Å². The van der Waals surface area contributed by atoms with E-state index >= 15 is 0 Å². The molecule has 4 aromatic rings. The number of rotatable bonds is 4. The minimum atomic E-state index is -0.205. The van der Waals surface area contributed by atoms with Crippen molar-refractivity contribution in [3.8, 4) is 11.1 Å². The highest BCUT2D eigenvalue weighted by Gasteiger charge is 2.39. The number of imide groups is 1. The highest BCUT2D eigenvalue weighted by Crippen LogP contribution is 2.42. The van der Waals surface area contributed by atoms with Crippen molar-refractivity contribution < 1.29 is 9.59 Å². The Morgan fingerprint density at radius 3 is 2.30 bits per heavy atom. The molecule has 1 aromatic heterocycles. The molecule has 0 fully saturated rings. The molecular weight excluding hydrogens is 374 g/mol. The van der Waals surface area contributed by atoms with E-state index in [9.17, 15) is 9.59 Å². The first-order chi connectivity index (χ1) is 14.5. The third-order valence-corrected chi connectivity index (χ3v) is 5.96. The van der Waals surface area contributed by atoms with Gasteiger partial charge in [0.25, 0.3) is 11.8 Å². The normalized spacial score (nSPS) is 13.8. The van der Waals surface area contributed by atoms with Gasteiger partial charge in [0.2, 0.25) is 0 Å². The molecule has 1 aliphatic rings. The number of fused-ring (bicyclic) bond motifs is 5. The van der Waals surface area contributed by atoms with Crippen LogP contribution in [-0.2, 0) is 7.05 Å². The van der Waals surface area contributed by atoms with E-state index in [4.69, 9.17) is 0 Å². The maximum absolute atomic E-state index is 13.4. The summed E-state index contributed by atoms with van der Waals surface area (Å²) in [4.78, 5) is 30.0. The Kier molecular flexibility index (Phi) is 4.22. The quantitative estimate of drug-likeness (QED) is 0.486. The zero-order valence-electron chi connectivity index (χ0n) is 17.3. The van der Waals surface area contributed by atoms with Crippen molar-refractivity contribution in [1.82, 2.24) is 14.4 Å². The second kappa shape index (κ2) is 6.82. The summed E-state index contributed by atoms with van der Waals surface area (Å²) in [6.07, 6.45) is 0. The van der Waals surface area contributed by atoms with Crippen LogP contribution >= 0.6 is 0 Å². The molecular formula is C25H23N3O2. The average molecular weight is 397 g/mol. The van der Waals surface area contributed by atoms with Crippen LogP contribution in [0, 0.1) is 0 Å². The molecule has 5 rings (SSSR count). The molecule has 150 valence electrons. The molecule has 0 spiro atoms. The lowest BCUT2D eigenvalue weighted by atomic mass is 9.95. The van der Waals surface area contributed by atoms with Gasteiger partial charge in [-0.05, 0) is 31.8 Å². The molecule has 0 saturated heterocycles. The van der Waals surface area contributed by atoms with Gasteiger partial charge in [0.05, 0.1) is 16.6 Å². The van der Waals surface area contributed by atoms with E-state index in [-0.39, 0.29) is 11.8 Å².